The number of phenols is 3. The molecule has 0 bridgehead atoms. The zero-order chi connectivity index (χ0) is 18.1. The van der Waals surface area contributed by atoms with E-state index in [9.17, 15) is 20.1 Å². The van der Waals surface area contributed by atoms with Gasteiger partial charge in [0.05, 0.1) is 5.56 Å². The van der Waals surface area contributed by atoms with Crippen molar-refractivity contribution in [2.24, 2.45) is 0 Å². The third-order valence-corrected chi connectivity index (χ3v) is 3.91. The van der Waals surface area contributed by atoms with Crippen LogP contribution < -0.4 is 0 Å². The molecule has 0 radical (unpaired) electrons. The number of rotatable bonds is 4. The Hall–Kier alpha value is -3.35. The Morgan fingerprint density at radius 3 is 2.28 bits per heavy atom. The van der Waals surface area contributed by atoms with Crippen molar-refractivity contribution in [2.45, 2.75) is 19.8 Å². The number of hydrogen-bond donors (Lipinski definition) is 3. The van der Waals surface area contributed by atoms with Gasteiger partial charge in [0, 0.05) is 11.8 Å². The van der Waals surface area contributed by atoms with E-state index in [0.29, 0.717) is 23.1 Å². The fourth-order valence-corrected chi connectivity index (χ4v) is 2.64. The van der Waals surface area contributed by atoms with Crippen LogP contribution in [0.25, 0.3) is 17.1 Å². The molecule has 3 N–H and O–H groups in total. The summed E-state index contributed by atoms with van der Waals surface area (Å²) in [5.74, 6) is 0.233. The highest BCUT2D eigenvalue weighted by molar-refractivity contribution is 5.76. The van der Waals surface area contributed by atoms with E-state index in [1.54, 1.807) is 18.2 Å². The summed E-state index contributed by atoms with van der Waals surface area (Å²) in [5.41, 5.74) is 1.54. The molecule has 3 aromatic rings. The van der Waals surface area contributed by atoms with Gasteiger partial charge in [-0.2, -0.15) is 0 Å². The Labute approximate surface area is 143 Å². The molecule has 128 valence electrons. The number of phenolic OH excluding ortho intramolecular Hbond substituents is 3. The van der Waals surface area contributed by atoms with Crippen molar-refractivity contribution in [1.82, 2.24) is 14.8 Å². The van der Waals surface area contributed by atoms with Crippen LogP contribution in [0, 0.1) is 0 Å². The van der Waals surface area contributed by atoms with Crippen molar-refractivity contribution in [1.29, 1.82) is 0 Å². The first kappa shape index (κ1) is 16.5. The lowest BCUT2D eigenvalue weighted by molar-refractivity contribution is 0.111. The molecule has 0 fully saturated rings. The van der Waals surface area contributed by atoms with Crippen LogP contribution >= 0.6 is 0 Å². The Morgan fingerprint density at radius 2 is 1.68 bits per heavy atom. The lowest BCUT2D eigenvalue weighted by Crippen LogP contribution is -2.03. The van der Waals surface area contributed by atoms with E-state index in [2.05, 4.69) is 10.2 Å². The van der Waals surface area contributed by atoms with Gasteiger partial charge in [0.2, 0.25) is 5.82 Å². The Morgan fingerprint density at radius 1 is 1.00 bits per heavy atom. The van der Waals surface area contributed by atoms with Crippen molar-refractivity contribution < 1.29 is 20.1 Å². The van der Waals surface area contributed by atoms with Crippen molar-refractivity contribution >= 4 is 6.29 Å². The Bertz CT molecular complexity index is 930. The number of carbonyl (C=O) groups excluding carboxylic acids is 1. The number of benzene rings is 2. The third kappa shape index (κ3) is 2.91. The number of nitrogens with zero attached hydrogens (tertiary/aromatic N) is 3. The molecule has 0 amide bonds. The van der Waals surface area contributed by atoms with Crippen LogP contribution in [-0.4, -0.2) is 36.4 Å². The van der Waals surface area contributed by atoms with E-state index >= 15 is 0 Å². The van der Waals surface area contributed by atoms with Gasteiger partial charge < -0.3 is 15.3 Å². The summed E-state index contributed by atoms with van der Waals surface area (Å²) in [6.45, 7) is 3.83. The molecule has 1 heterocycles. The number of aromatic hydroxyl groups is 3. The third-order valence-electron chi connectivity index (χ3n) is 3.91. The molecule has 0 atom stereocenters. The molecule has 0 aliphatic rings. The number of aldehydes is 1. The van der Waals surface area contributed by atoms with Crippen molar-refractivity contribution in [2.75, 3.05) is 0 Å². The minimum absolute atomic E-state index is 0.0115. The fraction of sp³-hybridized carbons (Fsp3) is 0.167. The van der Waals surface area contributed by atoms with Crippen molar-refractivity contribution in [3.8, 4) is 34.3 Å². The van der Waals surface area contributed by atoms with Crippen LogP contribution in [-0.2, 0) is 0 Å². The Balaban J connectivity index is 2.26. The highest BCUT2D eigenvalue weighted by Crippen LogP contribution is 2.38. The van der Waals surface area contributed by atoms with Crippen molar-refractivity contribution in [3.63, 3.8) is 0 Å². The quantitative estimate of drug-likeness (QED) is 0.631. The SMILES string of the molecule is CC(C)c1cc(-c2nnc(C=O)n2-c2ccc(O)cc2)c(O)cc1O. The second kappa shape index (κ2) is 6.27. The summed E-state index contributed by atoms with van der Waals surface area (Å²) in [5, 5.41) is 37.6. The summed E-state index contributed by atoms with van der Waals surface area (Å²) >= 11 is 0. The molecule has 1 aromatic heterocycles. The zero-order valence-electron chi connectivity index (χ0n) is 13.7. The lowest BCUT2D eigenvalue weighted by Gasteiger charge is -2.14. The van der Waals surface area contributed by atoms with Gasteiger partial charge >= 0.3 is 0 Å². The maximum absolute atomic E-state index is 11.4. The van der Waals surface area contributed by atoms with E-state index in [0.717, 1.165) is 0 Å². The molecule has 3 rings (SSSR count). The van der Waals surface area contributed by atoms with Gasteiger partial charge in [-0.15, -0.1) is 10.2 Å². The van der Waals surface area contributed by atoms with Gasteiger partial charge in [0.15, 0.2) is 12.1 Å². The fourth-order valence-electron chi connectivity index (χ4n) is 2.64. The summed E-state index contributed by atoms with van der Waals surface area (Å²) in [4.78, 5) is 11.4. The van der Waals surface area contributed by atoms with E-state index in [1.807, 2.05) is 13.8 Å². The van der Waals surface area contributed by atoms with Gasteiger partial charge in [-0.1, -0.05) is 13.8 Å². The van der Waals surface area contributed by atoms with Crippen LogP contribution in [0.15, 0.2) is 36.4 Å². The van der Waals surface area contributed by atoms with Gasteiger partial charge in [-0.3, -0.25) is 9.36 Å². The minimum atomic E-state index is -0.174. The predicted octanol–water partition coefficient (Wildman–Crippen LogP) is 2.99. The molecule has 0 aliphatic carbocycles. The Kier molecular flexibility index (Phi) is 4.14. The summed E-state index contributed by atoms with van der Waals surface area (Å²) < 4.78 is 1.47. The second-order valence-electron chi connectivity index (χ2n) is 5.93. The summed E-state index contributed by atoms with van der Waals surface area (Å²) in [6, 6.07) is 9.05. The lowest BCUT2D eigenvalue weighted by atomic mass is 9.98. The van der Waals surface area contributed by atoms with Crippen LogP contribution in [0.1, 0.15) is 35.9 Å². The molecule has 0 spiro atoms. The summed E-state index contributed by atoms with van der Waals surface area (Å²) in [7, 11) is 0. The molecular weight excluding hydrogens is 322 g/mol. The van der Waals surface area contributed by atoms with Crippen molar-refractivity contribution in [3.05, 3.63) is 47.8 Å². The normalized spacial score (nSPS) is 11.0. The van der Waals surface area contributed by atoms with Crippen LogP contribution in [0.2, 0.25) is 0 Å². The minimum Gasteiger partial charge on any atom is -0.508 e. The zero-order valence-corrected chi connectivity index (χ0v) is 13.7. The molecule has 7 heteroatoms. The molecule has 0 unspecified atom stereocenters. The summed E-state index contributed by atoms with van der Waals surface area (Å²) in [6.07, 6.45) is 0.560. The first-order chi connectivity index (χ1) is 11.9. The monoisotopic (exact) mass is 339 g/mol. The molecule has 0 saturated heterocycles. The van der Waals surface area contributed by atoms with Crippen LogP contribution in [0.3, 0.4) is 0 Å². The highest BCUT2D eigenvalue weighted by Gasteiger charge is 2.20. The average Bonchev–Trinajstić information content (AvgIpc) is 2.99. The van der Waals surface area contributed by atoms with Gasteiger partial charge in [0.1, 0.15) is 17.2 Å². The predicted molar refractivity (Wildman–Crippen MR) is 91.3 cm³/mol. The molecule has 0 saturated carbocycles. The van der Waals surface area contributed by atoms with Gasteiger partial charge in [0.25, 0.3) is 0 Å². The molecular formula is C18H17N3O4. The first-order valence-corrected chi connectivity index (χ1v) is 7.68. The van der Waals surface area contributed by atoms with E-state index < -0.39 is 0 Å². The maximum atomic E-state index is 11.4. The van der Waals surface area contributed by atoms with E-state index in [4.69, 9.17) is 0 Å². The largest absolute Gasteiger partial charge is 0.508 e. The number of aromatic nitrogens is 3. The van der Waals surface area contributed by atoms with Crippen LogP contribution in [0.4, 0.5) is 0 Å². The van der Waals surface area contributed by atoms with Gasteiger partial charge in [-0.05, 0) is 41.8 Å². The number of hydrogen-bond acceptors (Lipinski definition) is 6. The van der Waals surface area contributed by atoms with E-state index in [1.165, 1.54) is 22.8 Å². The number of carbonyl (C=O) groups is 1. The molecule has 25 heavy (non-hydrogen) atoms. The topological polar surface area (TPSA) is 108 Å². The molecule has 7 nitrogen and oxygen atoms in total. The second-order valence-corrected chi connectivity index (χ2v) is 5.93. The van der Waals surface area contributed by atoms with E-state index in [-0.39, 0.29) is 34.8 Å². The van der Waals surface area contributed by atoms with Crippen LogP contribution in [0.5, 0.6) is 17.2 Å². The maximum Gasteiger partial charge on any atom is 0.201 e. The highest BCUT2D eigenvalue weighted by atomic mass is 16.3. The standard InChI is InChI=1S/C18H17N3O4/c1-10(2)13-7-14(16(25)8-15(13)24)18-20-19-17(9-22)21(18)11-3-5-12(23)6-4-11/h3-10,23-25H,1-2H3. The molecule has 2 aromatic carbocycles. The smallest absolute Gasteiger partial charge is 0.201 e. The average molecular weight is 339 g/mol. The molecule has 0 aliphatic heterocycles. The van der Waals surface area contributed by atoms with Gasteiger partial charge in [-0.25, -0.2) is 0 Å². The first-order valence-electron chi connectivity index (χ1n) is 7.68.